The first-order chi connectivity index (χ1) is 9.33. The summed E-state index contributed by atoms with van der Waals surface area (Å²) in [5.41, 5.74) is 0.590. The monoisotopic (exact) mass is 288 g/mol. The van der Waals surface area contributed by atoms with Gasteiger partial charge in [-0.15, -0.1) is 0 Å². The van der Waals surface area contributed by atoms with Crippen molar-refractivity contribution < 1.29 is 21.7 Å². The van der Waals surface area contributed by atoms with Crippen LogP contribution in [-0.2, 0) is 0 Å². The van der Waals surface area contributed by atoms with Gasteiger partial charge in [0.1, 0.15) is 5.82 Å². The lowest BCUT2D eigenvalue weighted by Crippen LogP contribution is -2.02. The molecule has 106 valence electrons. The Labute approximate surface area is 112 Å². The van der Waals surface area contributed by atoms with E-state index in [-0.39, 0.29) is 5.82 Å². The Kier molecular flexibility index (Phi) is 8.35. The van der Waals surface area contributed by atoms with Crippen LogP contribution in [0, 0.1) is 11.2 Å². The molecule has 2 aromatic rings. The summed E-state index contributed by atoms with van der Waals surface area (Å²) < 4.78 is 50.9. The molecule has 0 saturated carbocycles. The number of hydrogen-bond donors (Lipinski definition) is 0. The predicted molar refractivity (Wildman–Crippen MR) is 67.8 cm³/mol. The summed E-state index contributed by atoms with van der Waals surface area (Å²) in [6.07, 6.45) is 0. The minimum Gasteiger partial charge on any atom is -0.418 e. The zero-order chi connectivity index (χ0) is 15.4. The number of benzene rings is 2. The Hall–Kier alpha value is -2.43. The van der Waals surface area contributed by atoms with E-state index in [1.54, 1.807) is 30.3 Å². The molecule has 0 aliphatic heterocycles. The fourth-order valence-corrected chi connectivity index (χ4v) is 0.909. The molecule has 0 spiro atoms. The summed E-state index contributed by atoms with van der Waals surface area (Å²) in [7, 11) is -6.00. The number of nitrogens with zero attached hydrogens (tertiary/aromatic N) is 2. The second kappa shape index (κ2) is 9.50. The first-order valence-electron chi connectivity index (χ1n) is 5.31. The van der Waals surface area contributed by atoms with Crippen LogP contribution < -0.4 is 0 Å². The van der Waals surface area contributed by atoms with Crippen molar-refractivity contribution in [3.8, 4) is 0 Å². The van der Waals surface area contributed by atoms with E-state index in [1.165, 1.54) is 12.1 Å². The van der Waals surface area contributed by atoms with Gasteiger partial charge in [0.05, 0.1) is 0 Å². The van der Waals surface area contributed by atoms with Gasteiger partial charge in [0.25, 0.3) is 0 Å². The van der Waals surface area contributed by atoms with Gasteiger partial charge in [0, 0.05) is 12.1 Å². The molecular weight excluding hydrogens is 278 g/mol. The lowest BCUT2D eigenvalue weighted by Gasteiger charge is -1.94. The number of diazo groups is 1. The first kappa shape index (κ1) is 17.6. The van der Waals surface area contributed by atoms with Crippen LogP contribution in [-0.4, -0.2) is 7.25 Å². The third-order valence-electron chi connectivity index (χ3n) is 1.60. The van der Waals surface area contributed by atoms with Crippen molar-refractivity contribution in [3.63, 3.8) is 0 Å². The summed E-state index contributed by atoms with van der Waals surface area (Å²) in [5, 5.41) is 8.16. The highest BCUT2D eigenvalue weighted by Crippen LogP contribution is 2.07. The van der Waals surface area contributed by atoms with Gasteiger partial charge in [-0.1, -0.05) is 36.4 Å². The lowest BCUT2D eigenvalue weighted by atomic mass is 10.3. The Morgan fingerprint density at radius 2 is 1.10 bits per heavy atom. The number of rotatable bonds is 0. The summed E-state index contributed by atoms with van der Waals surface area (Å²) in [6.45, 7) is 0. The van der Waals surface area contributed by atoms with Crippen LogP contribution in [0.1, 0.15) is 0 Å². The van der Waals surface area contributed by atoms with Crippen molar-refractivity contribution in [2.45, 2.75) is 0 Å². The Balaban J connectivity index is 0.000000280. The summed E-state index contributed by atoms with van der Waals surface area (Å²) >= 11 is 0. The molecule has 0 aromatic heterocycles. The smallest absolute Gasteiger partial charge is 0.418 e. The minimum atomic E-state index is -6.00. The standard InChI is InChI=1S/C6H5F.C6H5N2.BF4/c7-6-4-2-1-3-5-6;7-8-6-4-2-1-3-5-6;2-1(3,4)5/h1-5H;1-5H;/q;+1;-1. The van der Waals surface area contributed by atoms with Crippen molar-refractivity contribution in [1.82, 2.24) is 0 Å². The highest BCUT2D eigenvalue weighted by atomic mass is 19.5. The fraction of sp³-hybridized carbons (Fsp3) is 0. The van der Waals surface area contributed by atoms with E-state index in [0.717, 1.165) is 0 Å². The molecule has 0 radical (unpaired) electrons. The molecule has 0 unspecified atom stereocenters. The molecular formula is C12H10BF5N2. The van der Waals surface area contributed by atoms with Crippen molar-refractivity contribution >= 4 is 12.9 Å². The molecule has 2 rings (SSSR count). The third-order valence-corrected chi connectivity index (χ3v) is 1.60. The van der Waals surface area contributed by atoms with Gasteiger partial charge in [-0.25, -0.2) is 4.39 Å². The summed E-state index contributed by atoms with van der Waals surface area (Å²) in [6, 6.07) is 16.9. The second-order valence-electron chi connectivity index (χ2n) is 3.23. The third kappa shape index (κ3) is 13.6. The lowest BCUT2D eigenvalue weighted by molar-refractivity contribution is 0.368. The van der Waals surface area contributed by atoms with Crippen LogP contribution in [0.15, 0.2) is 60.7 Å². The van der Waals surface area contributed by atoms with Crippen molar-refractivity contribution in [3.05, 3.63) is 71.5 Å². The Bertz CT molecular complexity index is 505. The zero-order valence-electron chi connectivity index (χ0n) is 10.1. The molecule has 0 saturated heterocycles. The minimum absolute atomic E-state index is 0.178. The van der Waals surface area contributed by atoms with E-state index in [2.05, 4.69) is 4.98 Å². The number of hydrogen-bond acceptors (Lipinski definition) is 1. The highest BCUT2D eigenvalue weighted by Gasteiger charge is 2.20. The van der Waals surface area contributed by atoms with Crippen LogP contribution >= 0.6 is 0 Å². The van der Waals surface area contributed by atoms with Crippen LogP contribution in [0.4, 0.5) is 27.3 Å². The molecule has 0 aliphatic carbocycles. The molecule has 8 heteroatoms. The van der Waals surface area contributed by atoms with Gasteiger partial charge in [-0.05, 0) is 12.1 Å². The average molecular weight is 288 g/mol. The quantitative estimate of drug-likeness (QED) is 0.367. The van der Waals surface area contributed by atoms with E-state index in [4.69, 9.17) is 5.39 Å². The summed E-state index contributed by atoms with van der Waals surface area (Å²) in [5.74, 6) is -0.178. The second-order valence-corrected chi connectivity index (χ2v) is 3.23. The van der Waals surface area contributed by atoms with Gasteiger partial charge in [0.2, 0.25) is 5.39 Å². The topological polar surface area (TPSA) is 28.1 Å². The molecule has 0 atom stereocenters. The maximum atomic E-state index is 11.9. The van der Waals surface area contributed by atoms with E-state index in [1.807, 2.05) is 18.2 Å². The van der Waals surface area contributed by atoms with Gasteiger partial charge in [0.15, 0.2) is 4.98 Å². The van der Waals surface area contributed by atoms with Crippen molar-refractivity contribution in [1.29, 1.82) is 5.39 Å². The molecule has 0 heterocycles. The first-order valence-corrected chi connectivity index (χ1v) is 5.31. The van der Waals surface area contributed by atoms with Gasteiger partial charge < -0.3 is 17.3 Å². The van der Waals surface area contributed by atoms with Crippen LogP contribution in [0.3, 0.4) is 0 Å². The predicted octanol–water partition coefficient (Wildman–Crippen LogP) is 5.30. The van der Waals surface area contributed by atoms with E-state index in [0.29, 0.717) is 5.69 Å². The van der Waals surface area contributed by atoms with Crippen LogP contribution in [0.5, 0.6) is 0 Å². The molecule has 0 bridgehead atoms. The SMILES string of the molecule is F[B-](F)(F)F.Fc1ccccc1.N#[N+]c1ccccc1. The van der Waals surface area contributed by atoms with Crippen LogP contribution in [0.2, 0.25) is 0 Å². The van der Waals surface area contributed by atoms with Gasteiger partial charge in [-0.2, -0.15) is 0 Å². The molecule has 0 amide bonds. The van der Waals surface area contributed by atoms with Crippen molar-refractivity contribution in [2.75, 3.05) is 0 Å². The molecule has 20 heavy (non-hydrogen) atoms. The number of halogens is 5. The molecule has 2 nitrogen and oxygen atoms in total. The Morgan fingerprint density at radius 3 is 1.30 bits per heavy atom. The maximum absolute atomic E-state index is 11.9. The summed E-state index contributed by atoms with van der Waals surface area (Å²) in [4.78, 5) is 2.97. The van der Waals surface area contributed by atoms with Crippen molar-refractivity contribution in [2.24, 2.45) is 0 Å². The van der Waals surface area contributed by atoms with Gasteiger partial charge in [-0.3, -0.25) is 0 Å². The van der Waals surface area contributed by atoms with E-state index < -0.39 is 7.25 Å². The molecule has 2 aromatic carbocycles. The maximum Gasteiger partial charge on any atom is 0.673 e. The van der Waals surface area contributed by atoms with E-state index >= 15 is 0 Å². The van der Waals surface area contributed by atoms with Gasteiger partial charge >= 0.3 is 12.9 Å². The molecule has 0 N–H and O–H groups in total. The molecule has 0 fully saturated rings. The average Bonchev–Trinajstić information content (AvgIpc) is 2.39. The highest BCUT2D eigenvalue weighted by molar-refractivity contribution is 6.50. The zero-order valence-corrected chi connectivity index (χ0v) is 10.1. The van der Waals surface area contributed by atoms with E-state index in [9.17, 15) is 21.7 Å². The normalized spacial score (nSPS) is 9.20. The van der Waals surface area contributed by atoms with Crippen LogP contribution in [0.25, 0.3) is 4.98 Å². The Morgan fingerprint density at radius 1 is 0.750 bits per heavy atom. The molecule has 0 aliphatic rings. The fourth-order valence-electron chi connectivity index (χ4n) is 0.909. The largest absolute Gasteiger partial charge is 0.673 e.